The van der Waals surface area contributed by atoms with Crippen LogP contribution in [-0.2, 0) is 0 Å². The zero-order valence-electron chi connectivity index (χ0n) is 9.19. The van der Waals surface area contributed by atoms with Crippen LogP contribution in [0.4, 0.5) is 0 Å². The van der Waals surface area contributed by atoms with E-state index in [0.29, 0.717) is 6.42 Å². The van der Waals surface area contributed by atoms with Crippen LogP contribution in [0.15, 0.2) is 16.6 Å². The molecule has 0 atom stereocenters. The van der Waals surface area contributed by atoms with Gasteiger partial charge in [0.15, 0.2) is 0 Å². The molecule has 1 rings (SSSR count). The third-order valence-corrected chi connectivity index (χ3v) is 2.79. The first-order valence-corrected chi connectivity index (χ1v) is 5.42. The van der Waals surface area contributed by atoms with Crippen molar-refractivity contribution in [2.24, 2.45) is 0 Å². The minimum Gasteiger partial charge on any atom is -0.198 e. The van der Waals surface area contributed by atoms with Crippen molar-refractivity contribution in [1.82, 2.24) is 0 Å². The molecule has 0 heterocycles. The third kappa shape index (κ3) is 4.43. The smallest absolute Gasteiger partial charge is 0.0618 e. The molecule has 0 spiro atoms. The highest BCUT2D eigenvalue weighted by molar-refractivity contribution is 9.10. The van der Waals surface area contributed by atoms with E-state index in [1.54, 1.807) is 0 Å². The van der Waals surface area contributed by atoms with Gasteiger partial charge >= 0.3 is 0 Å². The van der Waals surface area contributed by atoms with Gasteiger partial charge in [-0.3, -0.25) is 0 Å². The minimum absolute atomic E-state index is 0.625. The molecule has 14 heavy (non-hydrogen) atoms. The largest absolute Gasteiger partial charge is 0.198 e. The Hall–Kier alpha value is -0.810. The number of hydrogen-bond donors (Lipinski definition) is 0. The highest BCUT2D eigenvalue weighted by Crippen LogP contribution is 2.19. The van der Waals surface area contributed by atoms with E-state index < -0.39 is 0 Å². The van der Waals surface area contributed by atoms with Gasteiger partial charge < -0.3 is 0 Å². The molecule has 2 heteroatoms. The fraction of sp³-hybridized carbons (Fsp3) is 0.417. The standard InChI is InChI=1S/C9H11Br.C3H5N/c1-6-4-8(3)9(10)5-7(6)2;1-2-3-4/h4-5H,1-3H3;2H2,1H3. The van der Waals surface area contributed by atoms with Crippen LogP contribution in [0.5, 0.6) is 0 Å². The lowest BCUT2D eigenvalue weighted by Crippen LogP contribution is -1.83. The summed E-state index contributed by atoms with van der Waals surface area (Å²) < 4.78 is 1.20. The highest BCUT2D eigenvalue weighted by Gasteiger charge is 1.96. The van der Waals surface area contributed by atoms with E-state index >= 15 is 0 Å². The number of aryl methyl sites for hydroxylation is 3. The van der Waals surface area contributed by atoms with Crippen molar-refractivity contribution in [3.63, 3.8) is 0 Å². The summed E-state index contributed by atoms with van der Waals surface area (Å²) in [4.78, 5) is 0. The zero-order chi connectivity index (χ0) is 11.1. The molecule has 0 aliphatic heterocycles. The van der Waals surface area contributed by atoms with E-state index in [0.717, 1.165) is 0 Å². The Morgan fingerprint density at radius 3 is 1.93 bits per heavy atom. The Kier molecular flexibility index (Phi) is 6.23. The molecule has 1 aromatic rings. The molecule has 0 saturated heterocycles. The summed E-state index contributed by atoms with van der Waals surface area (Å²) >= 11 is 3.48. The number of hydrogen-bond acceptors (Lipinski definition) is 1. The molecule has 0 aliphatic carbocycles. The second-order valence-electron chi connectivity index (χ2n) is 3.20. The summed E-state index contributed by atoms with van der Waals surface area (Å²) in [5.41, 5.74) is 4.02. The van der Waals surface area contributed by atoms with Crippen LogP contribution < -0.4 is 0 Å². The number of nitriles is 1. The molecule has 0 aliphatic rings. The van der Waals surface area contributed by atoms with Gasteiger partial charge in [-0.15, -0.1) is 0 Å². The van der Waals surface area contributed by atoms with Crippen molar-refractivity contribution < 1.29 is 0 Å². The Morgan fingerprint density at radius 2 is 1.57 bits per heavy atom. The van der Waals surface area contributed by atoms with Crippen molar-refractivity contribution in [3.8, 4) is 6.07 Å². The molecule has 0 aromatic heterocycles. The van der Waals surface area contributed by atoms with E-state index in [4.69, 9.17) is 5.26 Å². The lowest BCUT2D eigenvalue weighted by molar-refractivity contribution is 1.22. The number of rotatable bonds is 0. The maximum absolute atomic E-state index is 7.62. The summed E-state index contributed by atoms with van der Waals surface area (Å²) in [6.07, 6.45) is 0.625. The number of nitrogens with zero attached hydrogens (tertiary/aromatic N) is 1. The van der Waals surface area contributed by atoms with E-state index in [9.17, 15) is 0 Å². The Labute approximate surface area is 94.9 Å². The maximum Gasteiger partial charge on any atom is 0.0618 e. The molecule has 0 saturated carbocycles. The predicted molar refractivity (Wildman–Crippen MR) is 64.3 cm³/mol. The lowest BCUT2D eigenvalue weighted by atomic mass is 10.1. The first kappa shape index (κ1) is 13.2. The van der Waals surface area contributed by atoms with Gasteiger partial charge in [-0.2, -0.15) is 5.26 Å². The quantitative estimate of drug-likeness (QED) is 0.677. The van der Waals surface area contributed by atoms with Crippen molar-refractivity contribution in [2.75, 3.05) is 0 Å². The van der Waals surface area contributed by atoms with Gasteiger partial charge in [-0.1, -0.05) is 28.9 Å². The third-order valence-electron chi connectivity index (χ3n) is 1.93. The molecule has 76 valence electrons. The van der Waals surface area contributed by atoms with E-state index in [1.165, 1.54) is 21.2 Å². The highest BCUT2D eigenvalue weighted by atomic mass is 79.9. The lowest BCUT2D eigenvalue weighted by Gasteiger charge is -2.02. The fourth-order valence-electron chi connectivity index (χ4n) is 0.925. The Bertz CT molecular complexity index is 287. The minimum atomic E-state index is 0.625. The first-order valence-electron chi connectivity index (χ1n) is 4.63. The van der Waals surface area contributed by atoms with Gasteiger partial charge in [0.2, 0.25) is 0 Å². The summed E-state index contributed by atoms with van der Waals surface area (Å²) in [6.45, 7) is 8.19. The Morgan fingerprint density at radius 1 is 1.14 bits per heavy atom. The predicted octanol–water partition coefficient (Wildman–Crippen LogP) is 4.29. The zero-order valence-corrected chi connectivity index (χ0v) is 10.8. The van der Waals surface area contributed by atoms with Crippen LogP contribution in [-0.4, -0.2) is 0 Å². The molecule has 0 bridgehead atoms. The molecule has 0 amide bonds. The van der Waals surface area contributed by atoms with Crippen LogP contribution in [0.3, 0.4) is 0 Å². The van der Waals surface area contributed by atoms with E-state index in [2.05, 4.69) is 48.8 Å². The monoisotopic (exact) mass is 253 g/mol. The van der Waals surface area contributed by atoms with Crippen LogP contribution in [0, 0.1) is 32.1 Å². The maximum atomic E-state index is 7.62. The molecular weight excluding hydrogens is 238 g/mol. The van der Waals surface area contributed by atoms with Gasteiger partial charge in [0.05, 0.1) is 6.07 Å². The van der Waals surface area contributed by atoms with Gasteiger partial charge in [0, 0.05) is 10.9 Å². The average molecular weight is 254 g/mol. The van der Waals surface area contributed by atoms with Crippen molar-refractivity contribution in [1.29, 1.82) is 5.26 Å². The van der Waals surface area contributed by atoms with Gasteiger partial charge in [0.1, 0.15) is 0 Å². The van der Waals surface area contributed by atoms with Crippen molar-refractivity contribution in [3.05, 3.63) is 33.3 Å². The molecule has 1 aromatic carbocycles. The Balaban J connectivity index is 0.000000364. The number of benzene rings is 1. The van der Waals surface area contributed by atoms with Gasteiger partial charge in [-0.05, 0) is 43.5 Å². The van der Waals surface area contributed by atoms with Crippen molar-refractivity contribution in [2.45, 2.75) is 34.1 Å². The van der Waals surface area contributed by atoms with Crippen molar-refractivity contribution >= 4 is 15.9 Å². The van der Waals surface area contributed by atoms with Crippen LogP contribution in [0.1, 0.15) is 30.0 Å². The van der Waals surface area contributed by atoms with Crippen LogP contribution >= 0.6 is 15.9 Å². The molecule has 0 unspecified atom stereocenters. The fourth-order valence-corrected chi connectivity index (χ4v) is 1.38. The molecular formula is C12H16BrN. The summed E-state index contributed by atoms with van der Waals surface area (Å²) in [5, 5.41) is 7.62. The molecule has 1 nitrogen and oxygen atoms in total. The van der Waals surface area contributed by atoms with E-state index in [-0.39, 0.29) is 0 Å². The van der Waals surface area contributed by atoms with Gasteiger partial charge in [-0.25, -0.2) is 0 Å². The topological polar surface area (TPSA) is 23.8 Å². The molecule has 0 fully saturated rings. The van der Waals surface area contributed by atoms with Crippen LogP contribution in [0.25, 0.3) is 0 Å². The van der Waals surface area contributed by atoms with Gasteiger partial charge in [0.25, 0.3) is 0 Å². The summed E-state index contributed by atoms with van der Waals surface area (Å²) in [6, 6.07) is 6.28. The SMILES string of the molecule is CCC#N.Cc1cc(C)c(Br)cc1C. The summed E-state index contributed by atoms with van der Waals surface area (Å²) in [5.74, 6) is 0. The molecule has 0 N–H and O–H groups in total. The van der Waals surface area contributed by atoms with E-state index in [1.807, 2.05) is 13.0 Å². The van der Waals surface area contributed by atoms with Crippen LogP contribution in [0.2, 0.25) is 0 Å². The molecule has 0 radical (unpaired) electrons. The summed E-state index contributed by atoms with van der Waals surface area (Å²) in [7, 11) is 0. The number of halogens is 1. The second kappa shape index (κ2) is 6.62. The first-order chi connectivity index (χ1) is 6.52. The average Bonchev–Trinajstić information content (AvgIpc) is 2.15. The normalized spacial score (nSPS) is 8.57. The second-order valence-corrected chi connectivity index (χ2v) is 4.05.